The SMILES string of the molecule is C=C(C)CO[C@H]1CCCC[C@@H]1OS(=O)(=O)c1ccc(C)cc1. The Morgan fingerprint density at radius 3 is 2.36 bits per heavy atom. The Hall–Kier alpha value is -1.17. The van der Waals surface area contributed by atoms with Gasteiger partial charge in [0.05, 0.1) is 17.6 Å². The second-order valence-corrected chi connectivity index (χ2v) is 7.56. The van der Waals surface area contributed by atoms with Gasteiger partial charge in [0.15, 0.2) is 0 Å². The summed E-state index contributed by atoms with van der Waals surface area (Å²) in [6.07, 6.45) is 2.91. The van der Waals surface area contributed by atoms with E-state index < -0.39 is 16.2 Å². The van der Waals surface area contributed by atoms with E-state index in [0.717, 1.165) is 30.4 Å². The van der Waals surface area contributed by atoms with Gasteiger partial charge < -0.3 is 4.74 Å². The molecule has 2 rings (SSSR count). The standard InChI is InChI=1S/C17H24O4S/c1-13(2)12-20-16-6-4-5-7-17(16)21-22(18,19)15-10-8-14(3)9-11-15/h8-11,16-17H,1,4-7,12H2,2-3H3/t16-,17-/m0/s1. The molecule has 1 aliphatic carbocycles. The molecular formula is C17H24O4S. The number of ether oxygens (including phenoxy) is 1. The third kappa shape index (κ3) is 4.66. The highest BCUT2D eigenvalue weighted by molar-refractivity contribution is 7.86. The van der Waals surface area contributed by atoms with Gasteiger partial charge in [0.25, 0.3) is 10.1 Å². The highest BCUT2D eigenvalue weighted by Crippen LogP contribution is 2.27. The number of aryl methyl sites for hydroxylation is 1. The minimum absolute atomic E-state index is 0.189. The molecule has 0 radical (unpaired) electrons. The van der Waals surface area contributed by atoms with Crippen LogP contribution in [0.4, 0.5) is 0 Å². The molecule has 0 N–H and O–H groups in total. The molecule has 22 heavy (non-hydrogen) atoms. The molecule has 5 heteroatoms. The predicted octanol–water partition coefficient (Wildman–Crippen LogP) is 3.60. The zero-order chi connectivity index (χ0) is 16.2. The van der Waals surface area contributed by atoms with Crippen molar-refractivity contribution in [3.8, 4) is 0 Å². The van der Waals surface area contributed by atoms with Crippen LogP contribution in [-0.4, -0.2) is 27.2 Å². The Bertz CT molecular complexity index is 604. The third-order valence-corrected chi connectivity index (χ3v) is 5.10. The first-order valence-electron chi connectivity index (χ1n) is 7.64. The Labute approximate surface area is 133 Å². The van der Waals surface area contributed by atoms with Crippen LogP contribution in [0.3, 0.4) is 0 Å². The molecule has 0 aliphatic heterocycles. The lowest BCUT2D eigenvalue weighted by Crippen LogP contribution is -2.36. The van der Waals surface area contributed by atoms with Crippen molar-refractivity contribution in [1.82, 2.24) is 0 Å². The van der Waals surface area contributed by atoms with E-state index in [4.69, 9.17) is 8.92 Å². The Balaban J connectivity index is 2.08. The molecule has 0 bridgehead atoms. The molecule has 0 unspecified atom stereocenters. The van der Waals surface area contributed by atoms with E-state index in [2.05, 4.69) is 6.58 Å². The van der Waals surface area contributed by atoms with Gasteiger partial charge in [-0.1, -0.05) is 42.7 Å². The summed E-state index contributed by atoms with van der Waals surface area (Å²) in [5, 5.41) is 0. The largest absolute Gasteiger partial charge is 0.371 e. The zero-order valence-electron chi connectivity index (χ0n) is 13.2. The van der Waals surface area contributed by atoms with E-state index in [1.165, 1.54) is 0 Å². The van der Waals surface area contributed by atoms with Crippen LogP contribution in [0, 0.1) is 6.92 Å². The highest BCUT2D eigenvalue weighted by Gasteiger charge is 2.31. The first kappa shape index (κ1) is 17.2. The summed E-state index contributed by atoms with van der Waals surface area (Å²) in [6, 6.07) is 6.70. The van der Waals surface area contributed by atoms with Crippen molar-refractivity contribution < 1.29 is 17.3 Å². The summed E-state index contributed by atoms with van der Waals surface area (Å²) >= 11 is 0. The molecule has 122 valence electrons. The third-order valence-electron chi connectivity index (χ3n) is 3.75. The fourth-order valence-corrected chi connectivity index (χ4v) is 3.66. The van der Waals surface area contributed by atoms with Crippen LogP contribution in [0.1, 0.15) is 38.2 Å². The summed E-state index contributed by atoms with van der Waals surface area (Å²) < 4.78 is 36.0. The lowest BCUT2D eigenvalue weighted by molar-refractivity contribution is -0.0365. The molecule has 1 fully saturated rings. The van der Waals surface area contributed by atoms with Gasteiger partial charge in [-0.15, -0.1) is 0 Å². The van der Waals surface area contributed by atoms with E-state index in [1.807, 2.05) is 13.8 Å². The van der Waals surface area contributed by atoms with E-state index >= 15 is 0 Å². The molecule has 0 spiro atoms. The van der Waals surface area contributed by atoms with Crippen molar-refractivity contribution in [2.75, 3.05) is 6.61 Å². The molecule has 1 aliphatic rings. The van der Waals surface area contributed by atoms with Crippen LogP contribution in [-0.2, 0) is 19.0 Å². The Morgan fingerprint density at radius 1 is 1.18 bits per heavy atom. The molecule has 0 heterocycles. The van der Waals surface area contributed by atoms with Gasteiger partial charge in [-0.2, -0.15) is 8.42 Å². The number of hydrogen-bond acceptors (Lipinski definition) is 4. The second-order valence-electron chi connectivity index (χ2n) is 5.99. The molecule has 1 aromatic rings. The van der Waals surface area contributed by atoms with Crippen LogP contribution in [0.15, 0.2) is 41.3 Å². The maximum atomic E-state index is 12.4. The van der Waals surface area contributed by atoms with Gasteiger partial charge in [0.1, 0.15) is 6.10 Å². The van der Waals surface area contributed by atoms with Gasteiger partial charge in [0.2, 0.25) is 0 Å². The van der Waals surface area contributed by atoms with Crippen LogP contribution in [0.5, 0.6) is 0 Å². The molecule has 1 saturated carbocycles. The number of hydrogen-bond donors (Lipinski definition) is 0. The normalized spacial score (nSPS) is 22.5. The summed E-state index contributed by atoms with van der Waals surface area (Å²) in [6.45, 7) is 8.06. The van der Waals surface area contributed by atoms with E-state index in [9.17, 15) is 8.42 Å². The maximum Gasteiger partial charge on any atom is 0.297 e. The van der Waals surface area contributed by atoms with E-state index in [-0.39, 0.29) is 11.0 Å². The van der Waals surface area contributed by atoms with Crippen molar-refractivity contribution in [2.45, 2.75) is 56.6 Å². The maximum absolute atomic E-state index is 12.4. The molecule has 4 nitrogen and oxygen atoms in total. The average Bonchev–Trinajstić information content (AvgIpc) is 2.46. The second kappa shape index (κ2) is 7.40. The first-order chi connectivity index (χ1) is 10.4. The van der Waals surface area contributed by atoms with E-state index in [0.29, 0.717) is 13.0 Å². The summed E-state index contributed by atoms with van der Waals surface area (Å²) in [4.78, 5) is 0.197. The van der Waals surface area contributed by atoms with Gasteiger partial charge in [-0.25, -0.2) is 0 Å². The number of rotatable bonds is 6. The Kier molecular flexibility index (Phi) is 5.78. The highest BCUT2D eigenvalue weighted by atomic mass is 32.2. The van der Waals surface area contributed by atoms with Crippen LogP contribution >= 0.6 is 0 Å². The van der Waals surface area contributed by atoms with Crippen molar-refractivity contribution in [3.63, 3.8) is 0 Å². The zero-order valence-corrected chi connectivity index (χ0v) is 14.1. The topological polar surface area (TPSA) is 52.6 Å². The fourth-order valence-electron chi connectivity index (χ4n) is 2.54. The smallest absolute Gasteiger partial charge is 0.297 e. The fraction of sp³-hybridized carbons (Fsp3) is 0.529. The number of benzene rings is 1. The van der Waals surface area contributed by atoms with Crippen LogP contribution < -0.4 is 0 Å². The molecule has 0 aromatic heterocycles. The van der Waals surface area contributed by atoms with Crippen molar-refractivity contribution in [3.05, 3.63) is 42.0 Å². The monoisotopic (exact) mass is 324 g/mol. The lowest BCUT2D eigenvalue weighted by Gasteiger charge is -2.30. The van der Waals surface area contributed by atoms with Gasteiger partial charge in [0, 0.05) is 0 Å². The van der Waals surface area contributed by atoms with Gasteiger partial charge in [-0.3, -0.25) is 4.18 Å². The molecule has 0 saturated heterocycles. The average molecular weight is 324 g/mol. The molecule has 0 amide bonds. The van der Waals surface area contributed by atoms with Crippen molar-refractivity contribution in [2.24, 2.45) is 0 Å². The van der Waals surface area contributed by atoms with Gasteiger partial charge >= 0.3 is 0 Å². The van der Waals surface area contributed by atoms with Gasteiger partial charge in [-0.05, 0) is 38.8 Å². The van der Waals surface area contributed by atoms with E-state index in [1.54, 1.807) is 24.3 Å². The quantitative estimate of drug-likeness (QED) is 0.592. The Morgan fingerprint density at radius 2 is 1.77 bits per heavy atom. The summed E-state index contributed by atoms with van der Waals surface area (Å²) in [7, 11) is -3.75. The molecule has 1 aromatic carbocycles. The molecular weight excluding hydrogens is 300 g/mol. The lowest BCUT2D eigenvalue weighted by atomic mass is 9.95. The predicted molar refractivity (Wildman–Crippen MR) is 86.3 cm³/mol. The minimum Gasteiger partial charge on any atom is -0.371 e. The van der Waals surface area contributed by atoms with Crippen molar-refractivity contribution in [1.29, 1.82) is 0 Å². The van der Waals surface area contributed by atoms with Crippen molar-refractivity contribution >= 4 is 10.1 Å². The molecule has 2 atom stereocenters. The van der Waals surface area contributed by atoms with Crippen LogP contribution in [0.25, 0.3) is 0 Å². The summed E-state index contributed by atoms with van der Waals surface area (Å²) in [5.41, 5.74) is 1.94. The summed E-state index contributed by atoms with van der Waals surface area (Å²) in [5.74, 6) is 0. The first-order valence-corrected chi connectivity index (χ1v) is 9.05. The van der Waals surface area contributed by atoms with Crippen LogP contribution in [0.2, 0.25) is 0 Å². The minimum atomic E-state index is -3.75.